The second kappa shape index (κ2) is 7.21. The smallest absolute Gasteiger partial charge is 0.198 e. The molecule has 2 fully saturated rings. The van der Waals surface area contributed by atoms with Crippen LogP contribution in [0.3, 0.4) is 0 Å². The summed E-state index contributed by atoms with van der Waals surface area (Å²) in [6.07, 6.45) is -18.5. The second-order valence-electron chi connectivity index (χ2n) is 8.24. The maximum absolute atomic E-state index is 14.6. The highest BCUT2D eigenvalue weighted by atomic mass is 19.4. The lowest BCUT2D eigenvalue weighted by atomic mass is 9.37. The van der Waals surface area contributed by atoms with Gasteiger partial charge in [0.25, 0.3) is 0 Å². The molecule has 2 rings (SSSR count). The zero-order valence-corrected chi connectivity index (χ0v) is 16.8. The van der Waals surface area contributed by atoms with Gasteiger partial charge in [0.1, 0.15) is 0 Å². The Labute approximate surface area is 198 Å². The van der Waals surface area contributed by atoms with E-state index in [-0.39, 0.29) is 0 Å². The molecule has 0 N–H and O–H groups in total. The Bertz CT molecular complexity index is 912. The van der Waals surface area contributed by atoms with Crippen molar-refractivity contribution in [3.8, 4) is 0 Å². The molecule has 2 aliphatic carbocycles. The minimum Gasteiger partial charge on any atom is -0.198 e. The largest absolute Gasteiger partial charge is 0.454 e. The van der Waals surface area contributed by atoms with Gasteiger partial charge in [-0.2, -0.15) is 114 Å². The van der Waals surface area contributed by atoms with Gasteiger partial charge in [-0.25, -0.2) is 0 Å². The molecule has 2 saturated carbocycles. The van der Waals surface area contributed by atoms with Gasteiger partial charge in [-0.15, -0.1) is 0 Å². The fourth-order valence-corrected chi connectivity index (χ4v) is 4.75. The standard InChI is InChI=1S/C14F26/c15-3(16)1(7(23,24)13(35,36)37)2(8(25,26)14(38,39)40,5(19,20)11(31,32)9(3,27)28)6(21,22)12(33,34)10(29,30)4(1,17)18. The minimum atomic E-state index is -10.6. The molecule has 0 radical (unpaired) electrons. The zero-order valence-electron chi connectivity index (χ0n) is 16.8. The van der Waals surface area contributed by atoms with E-state index in [0.29, 0.717) is 0 Å². The molecular weight excluding hydrogens is 662 g/mol. The van der Waals surface area contributed by atoms with Gasteiger partial charge in [0.05, 0.1) is 0 Å². The number of hydrogen-bond donors (Lipinski definition) is 0. The maximum Gasteiger partial charge on any atom is 0.454 e. The Balaban J connectivity index is 3.86. The summed E-state index contributed by atoms with van der Waals surface area (Å²) in [6.45, 7) is 0. The predicted octanol–water partition coefficient (Wildman–Crippen LogP) is 8.46. The number of hydrogen-bond acceptors (Lipinski definition) is 0. The highest BCUT2D eigenvalue weighted by Crippen LogP contribution is 2.92. The van der Waals surface area contributed by atoms with Crippen LogP contribution in [0.1, 0.15) is 0 Å². The van der Waals surface area contributed by atoms with Gasteiger partial charge < -0.3 is 0 Å². The molecule has 26 heteroatoms. The topological polar surface area (TPSA) is 0 Å². The molecule has 0 amide bonds. The van der Waals surface area contributed by atoms with E-state index < -0.39 is 82.4 Å². The lowest BCUT2D eigenvalue weighted by molar-refractivity contribution is -0.630. The molecule has 0 saturated heterocycles. The van der Waals surface area contributed by atoms with Crippen molar-refractivity contribution in [1.82, 2.24) is 0 Å². The van der Waals surface area contributed by atoms with Gasteiger partial charge in [-0.3, -0.25) is 0 Å². The molecule has 238 valence electrons. The van der Waals surface area contributed by atoms with Gasteiger partial charge in [-0.1, -0.05) is 0 Å². The lowest BCUT2D eigenvalue weighted by Gasteiger charge is -2.71. The van der Waals surface area contributed by atoms with E-state index in [4.69, 9.17) is 0 Å². The normalized spacial score (nSPS) is 35.5. The van der Waals surface area contributed by atoms with E-state index >= 15 is 0 Å². The summed E-state index contributed by atoms with van der Waals surface area (Å²) in [4.78, 5) is 0. The average Bonchev–Trinajstić information content (AvgIpc) is 2.66. The van der Waals surface area contributed by atoms with Crippen LogP contribution < -0.4 is 0 Å². The Kier molecular flexibility index (Phi) is 6.19. The van der Waals surface area contributed by atoms with E-state index in [0.717, 1.165) is 0 Å². The summed E-state index contributed by atoms with van der Waals surface area (Å²) in [5.41, 5.74) is -21.2. The molecule has 0 atom stereocenters. The van der Waals surface area contributed by atoms with Crippen molar-refractivity contribution >= 4 is 0 Å². The van der Waals surface area contributed by atoms with E-state index in [9.17, 15) is 114 Å². The van der Waals surface area contributed by atoms with Crippen molar-refractivity contribution in [2.24, 2.45) is 10.8 Å². The van der Waals surface area contributed by atoms with E-state index in [1.165, 1.54) is 0 Å². The molecule has 0 nitrogen and oxygen atoms in total. The Morgan fingerprint density at radius 2 is 0.350 bits per heavy atom. The summed E-state index contributed by atoms with van der Waals surface area (Å²) in [7, 11) is 0. The molecule has 0 aromatic rings. The van der Waals surface area contributed by atoms with Crippen molar-refractivity contribution in [2.75, 3.05) is 0 Å². The quantitative estimate of drug-likeness (QED) is 0.261. The molecule has 2 aliphatic rings. The molecule has 0 aliphatic heterocycles. The van der Waals surface area contributed by atoms with Crippen LogP contribution in [0.2, 0.25) is 0 Å². The van der Waals surface area contributed by atoms with Crippen LogP contribution in [0.5, 0.6) is 0 Å². The number of halogens is 26. The van der Waals surface area contributed by atoms with Crippen LogP contribution in [-0.4, -0.2) is 71.6 Å². The molecule has 40 heavy (non-hydrogen) atoms. The summed E-state index contributed by atoms with van der Waals surface area (Å²) in [5.74, 6) is -98.1. The summed E-state index contributed by atoms with van der Waals surface area (Å²) in [6, 6.07) is 0. The second-order valence-corrected chi connectivity index (χ2v) is 8.24. The first-order chi connectivity index (χ1) is 16.8. The molecule has 0 bridgehead atoms. The van der Waals surface area contributed by atoms with Gasteiger partial charge in [-0.05, 0) is 0 Å². The molecule has 0 spiro atoms. The van der Waals surface area contributed by atoms with Crippen LogP contribution >= 0.6 is 0 Å². The SMILES string of the molecule is FC(F)(F)C(F)(F)C12C(F)(F)C(F)(F)C(F)(F)C(F)(F)C1(C(F)(F)C(F)(F)F)C(F)(F)C(F)(F)C(F)(F)C2(F)F. The fraction of sp³-hybridized carbons (Fsp3) is 1.00. The number of rotatable bonds is 2. The highest BCUT2D eigenvalue weighted by molar-refractivity contribution is 5.44. The first-order valence-corrected chi connectivity index (χ1v) is 8.66. The van der Waals surface area contributed by atoms with Crippen LogP contribution in [0.4, 0.5) is 114 Å². The molecule has 0 aromatic carbocycles. The van der Waals surface area contributed by atoms with E-state index in [2.05, 4.69) is 0 Å². The first-order valence-electron chi connectivity index (χ1n) is 8.66. The zero-order chi connectivity index (χ0) is 33.0. The van der Waals surface area contributed by atoms with Gasteiger partial charge in [0.2, 0.25) is 10.8 Å². The van der Waals surface area contributed by atoms with Crippen LogP contribution in [0, 0.1) is 10.8 Å². The van der Waals surface area contributed by atoms with Gasteiger partial charge in [0, 0.05) is 0 Å². The van der Waals surface area contributed by atoms with E-state index in [1.54, 1.807) is 0 Å². The van der Waals surface area contributed by atoms with E-state index in [1.807, 2.05) is 0 Å². The van der Waals surface area contributed by atoms with Crippen LogP contribution in [0.25, 0.3) is 0 Å². The summed E-state index contributed by atoms with van der Waals surface area (Å²) < 4.78 is 363. The monoisotopic (exact) mass is 662 g/mol. The molecule has 0 heterocycles. The summed E-state index contributed by atoms with van der Waals surface area (Å²) >= 11 is 0. The maximum atomic E-state index is 14.6. The number of fused-ring (bicyclic) bond motifs is 1. The third-order valence-corrected chi connectivity index (χ3v) is 6.47. The molecular formula is C14F26. The van der Waals surface area contributed by atoms with Crippen molar-refractivity contribution in [3.05, 3.63) is 0 Å². The lowest BCUT2D eigenvalue weighted by Crippen LogP contribution is -3.01. The summed E-state index contributed by atoms with van der Waals surface area (Å²) in [5, 5.41) is 0. The Morgan fingerprint density at radius 3 is 0.450 bits per heavy atom. The van der Waals surface area contributed by atoms with Gasteiger partial charge in [0.15, 0.2) is 0 Å². The van der Waals surface area contributed by atoms with Crippen molar-refractivity contribution in [3.63, 3.8) is 0 Å². The van der Waals surface area contributed by atoms with Crippen LogP contribution in [-0.2, 0) is 0 Å². The van der Waals surface area contributed by atoms with Crippen molar-refractivity contribution in [1.29, 1.82) is 0 Å². The third kappa shape index (κ3) is 2.52. The first kappa shape index (κ1) is 34.4. The van der Waals surface area contributed by atoms with Crippen molar-refractivity contribution < 1.29 is 114 Å². The third-order valence-electron chi connectivity index (χ3n) is 6.47. The minimum absolute atomic E-state index is 9.23. The number of alkyl halides is 26. The fourth-order valence-electron chi connectivity index (χ4n) is 4.75. The molecule has 0 aromatic heterocycles. The predicted molar refractivity (Wildman–Crippen MR) is 66.4 cm³/mol. The van der Waals surface area contributed by atoms with Crippen LogP contribution in [0.15, 0.2) is 0 Å². The van der Waals surface area contributed by atoms with Crippen molar-refractivity contribution in [2.45, 2.75) is 71.6 Å². The average molecular weight is 662 g/mol. The highest BCUT2D eigenvalue weighted by Gasteiger charge is 3.21. The Hall–Kier alpha value is -1.82. The van der Waals surface area contributed by atoms with Gasteiger partial charge >= 0.3 is 71.6 Å². The molecule has 0 unspecified atom stereocenters. The Morgan fingerprint density at radius 1 is 0.225 bits per heavy atom.